The fraction of sp³-hybridized carbons (Fsp3) is 0.412. The van der Waals surface area contributed by atoms with Crippen LogP contribution in [0, 0.1) is 16.7 Å². The Morgan fingerprint density at radius 2 is 2.20 bits per heavy atom. The zero-order valence-corrected chi connectivity index (χ0v) is 11.6. The number of carbonyl (C=O) groups excluding carboxylic acids is 1. The number of carbonyl (C=O) groups is 1. The highest BCUT2D eigenvalue weighted by Crippen LogP contribution is 2.55. The number of rotatable bonds is 2. The largest absolute Gasteiger partial charge is 0.325 e. The maximum atomic E-state index is 12.8. The van der Waals surface area contributed by atoms with E-state index in [-0.39, 0.29) is 17.7 Å². The highest BCUT2D eigenvalue weighted by atomic mass is 16.2. The van der Waals surface area contributed by atoms with Crippen LogP contribution in [-0.2, 0) is 10.2 Å². The van der Waals surface area contributed by atoms with Gasteiger partial charge in [-0.25, -0.2) is 0 Å². The van der Waals surface area contributed by atoms with Gasteiger partial charge in [-0.3, -0.25) is 4.79 Å². The fourth-order valence-electron chi connectivity index (χ4n) is 3.75. The van der Waals surface area contributed by atoms with Gasteiger partial charge in [0.15, 0.2) is 0 Å². The smallest absolute Gasteiger partial charge is 0.237 e. The minimum absolute atomic E-state index is 0.0331. The lowest BCUT2D eigenvalue weighted by molar-refractivity contribution is -0.124. The minimum atomic E-state index is -0.755. The number of nitrogens with zero attached hydrogens (tertiary/aromatic N) is 1. The number of hydrogen-bond acceptors (Lipinski definition) is 2. The van der Waals surface area contributed by atoms with Crippen molar-refractivity contribution in [1.29, 1.82) is 5.26 Å². The van der Waals surface area contributed by atoms with E-state index >= 15 is 0 Å². The Hall–Kier alpha value is -2.08. The first-order valence-electron chi connectivity index (χ1n) is 7.10. The summed E-state index contributed by atoms with van der Waals surface area (Å²) in [7, 11) is 0. The lowest BCUT2D eigenvalue weighted by Crippen LogP contribution is -2.48. The molecule has 1 aliphatic carbocycles. The van der Waals surface area contributed by atoms with Crippen molar-refractivity contribution in [3.8, 4) is 6.07 Å². The zero-order chi connectivity index (χ0) is 14.2. The molecule has 1 aromatic rings. The fourth-order valence-corrected chi connectivity index (χ4v) is 3.75. The van der Waals surface area contributed by atoms with Crippen LogP contribution in [0.1, 0.15) is 38.2 Å². The van der Waals surface area contributed by atoms with Gasteiger partial charge < -0.3 is 5.32 Å². The molecule has 0 fully saturated rings. The van der Waals surface area contributed by atoms with E-state index in [1.165, 1.54) is 0 Å². The van der Waals surface area contributed by atoms with Crippen molar-refractivity contribution in [2.75, 3.05) is 5.32 Å². The molecule has 3 rings (SSSR count). The summed E-state index contributed by atoms with van der Waals surface area (Å²) < 4.78 is 0. The third kappa shape index (κ3) is 1.54. The van der Waals surface area contributed by atoms with Gasteiger partial charge in [0.05, 0.1) is 17.9 Å². The molecule has 1 N–H and O–H groups in total. The van der Waals surface area contributed by atoms with Crippen molar-refractivity contribution in [3.63, 3.8) is 0 Å². The molecular formula is C17H18N2O. The number of para-hydroxylation sites is 1. The lowest BCUT2D eigenvalue weighted by atomic mass is 9.56. The van der Waals surface area contributed by atoms with Gasteiger partial charge in [0.25, 0.3) is 0 Å². The number of nitrogens with one attached hydrogen (secondary N) is 1. The molecule has 3 nitrogen and oxygen atoms in total. The molecule has 0 radical (unpaired) electrons. The van der Waals surface area contributed by atoms with Crippen LogP contribution in [0.25, 0.3) is 0 Å². The van der Waals surface area contributed by atoms with Crippen LogP contribution >= 0.6 is 0 Å². The van der Waals surface area contributed by atoms with E-state index in [9.17, 15) is 10.1 Å². The van der Waals surface area contributed by atoms with E-state index in [0.717, 1.165) is 30.5 Å². The van der Waals surface area contributed by atoms with Gasteiger partial charge in [-0.05, 0) is 30.9 Å². The topological polar surface area (TPSA) is 52.9 Å². The maximum Gasteiger partial charge on any atom is 0.237 e. The standard InChI is InChI=1S/C17H18N2O/c1-16(9-5-2-6-10-16)17(11-12-18)13-7-3-4-8-14(13)19-15(17)20/h3-5,7-9H,2,6,10-11H2,1H3,(H,19,20)/t16-,17-/m1/s1. The highest BCUT2D eigenvalue weighted by molar-refractivity contribution is 6.07. The van der Waals surface area contributed by atoms with Gasteiger partial charge in [-0.2, -0.15) is 5.26 Å². The van der Waals surface area contributed by atoms with E-state index in [4.69, 9.17) is 0 Å². The molecule has 20 heavy (non-hydrogen) atoms. The summed E-state index contributed by atoms with van der Waals surface area (Å²) in [5.41, 5.74) is 0.779. The van der Waals surface area contributed by atoms with Crippen molar-refractivity contribution in [3.05, 3.63) is 42.0 Å². The molecule has 102 valence electrons. The van der Waals surface area contributed by atoms with Gasteiger partial charge in [-0.1, -0.05) is 37.3 Å². The molecule has 0 saturated carbocycles. The lowest BCUT2D eigenvalue weighted by Gasteiger charge is -2.43. The first kappa shape index (κ1) is 12.9. The van der Waals surface area contributed by atoms with E-state index in [0.29, 0.717) is 0 Å². The predicted molar refractivity (Wildman–Crippen MR) is 78.1 cm³/mol. The number of allylic oxidation sites excluding steroid dienone is 2. The summed E-state index contributed by atoms with van der Waals surface area (Å²) in [6.45, 7) is 2.11. The number of fused-ring (bicyclic) bond motifs is 1. The highest BCUT2D eigenvalue weighted by Gasteiger charge is 2.57. The zero-order valence-electron chi connectivity index (χ0n) is 11.6. The molecule has 2 aliphatic rings. The third-order valence-corrected chi connectivity index (χ3v) is 4.89. The second kappa shape index (κ2) is 4.49. The SMILES string of the molecule is C[C@@]1([C@@]2(CC#N)C(=O)Nc3ccccc32)C=CCCC1. The Bertz CT molecular complexity index is 628. The molecule has 0 bridgehead atoms. The monoisotopic (exact) mass is 266 g/mol. The van der Waals surface area contributed by atoms with E-state index in [1.54, 1.807) is 0 Å². The Morgan fingerprint density at radius 1 is 1.40 bits per heavy atom. The Labute approximate surface area is 119 Å². The summed E-state index contributed by atoms with van der Waals surface area (Å²) in [4.78, 5) is 12.8. The van der Waals surface area contributed by atoms with E-state index in [2.05, 4.69) is 30.5 Å². The van der Waals surface area contributed by atoms with Crippen LogP contribution in [0.3, 0.4) is 0 Å². The van der Waals surface area contributed by atoms with Crippen LogP contribution in [-0.4, -0.2) is 5.91 Å². The molecule has 1 aliphatic heterocycles. The van der Waals surface area contributed by atoms with Crippen LogP contribution in [0.4, 0.5) is 5.69 Å². The van der Waals surface area contributed by atoms with Crippen molar-refractivity contribution in [2.45, 2.75) is 38.0 Å². The third-order valence-electron chi connectivity index (χ3n) is 4.89. The van der Waals surface area contributed by atoms with Gasteiger partial charge >= 0.3 is 0 Å². The van der Waals surface area contributed by atoms with Crippen molar-refractivity contribution in [2.24, 2.45) is 5.41 Å². The van der Waals surface area contributed by atoms with Crippen molar-refractivity contribution < 1.29 is 4.79 Å². The first-order chi connectivity index (χ1) is 9.64. The van der Waals surface area contributed by atoms with Crippen molar-refractivity contribution >= 4 is 11.6 Å². The van der Waals surface area contributed by atoms with Gasteiger partial charge in [0.1, 0.15) is 0 Å². The van der Waals surface area contributed by atoms with E-state index < -0.39 is 5.41 Å². The Kier molecular flexibility index (Phi) is 2.90. The number of anilines is 1. The van der Waals surface area contributed by atoms with Crippen LogP contribution < -0.4 is 5.32 Å². The summed E-state index contributed by atoms with van der Waals surface area (Å²) in [6.07, 6.45) is 7.58. The second-order valence-corrected chi connectivity index (χ2v) is 5.95. The van der Waals surface area contributed by atoms with Crippen LogP contribution in [0.5, 0.6) is 0 Å². The Balaban J connectivity index is 2.23. The molecule has 1 aromatic carbocycles. The molecule has 1 heterocycles. The molecule has 1 amide bonds. The molecular weight excluding hydrogens is 248 g/mol. The summed E-state index contributed by atoms with van der Waals surface area (Å²) in [5.74, 6) is -0.0331. The molecule has 0 unspecified atom stereocenters. The van der Waals surface area contributed by atoms with E-state index in [1.807, 2.05) is 24.3 Å². The normalized spacial score (nSPS) is 31.5. The molecule has 3 heteroatoms. The number of hydrogen-bond donors (Lipinski definition) is 1. The number of nitriles is 1. The average Bonchev–Trinajstić information content (AvgIpc) is 2.74. The predicted octanol–water partition coefficient (Wildman–Crippen LogP) is 3.54. The quantitative estimate of drug-likeness (QED) is 0.832. The van der Waals surface area contributed by atoms with Crippen LogP contribution in [0.2, 0.25) is 0 Å². The summed E-state index contributed by atoms with van der Waals surface area (Å²) in [5, 5.41) is 12.3. The Morgan fingerprint density at radius 3 is 2.90 bits per heavy atom. The van der Waals surface area contributed by atoms with Crippen LogP contribution in [0.15, 0.2) is 36.4 Å². The minimum Gasteiger partial charge on any atom is -0.325 e. The first-order valence-corrected chi connectivity index (χ1v) is 7.10. The number of amides is 1. The summed E-state index contributed by atoms with van der Waals surface area (Å²) in [6, 6.07) is 10.0. The van der Waals surface area contributed by atoms with Gasteiger partial charge in [-0.15, -0.1) is 0 Å². The molecule has 0 saturated heterocycles. The molecule has 0 spiro atoms. The maximum absolute atomic E-state index is 12.8. The average molecular weight is 266 g/mol. The van der Waals surface area contributed by atoms with Crippen molar-refractivity contribution in [1.82, 2.24) is 0 Å². The second-order valence-electron chi connectivity index (χ2n) is 5.95. The van der Waals surface area contributed by atoms with Gasteiger partial charge in [0, 0.05) is 11.1 Å². The molecule has 0 aromatic heterocycles. The number of benzene rings is 1. The summed E-state index contributed by atoms with van der Waals surface area (Å²) >= 11 is 0. The molecule has 2 atom stereocenters. The van der Waals surface area contributed by atoms with Gasteiger partial charge in [0.2, 0.25) is 5.91 Å².